The number of ether oxygens (including phenoxy) is 1. The number of thioether (sulfide) groups is 1. The number of hydrogen-bond donors (Lipinski definition) is 1. The van der Waals surface area contributed by atoms with E-state index in [4.69, 9.17) is 9.84 Å². The van der Waals surface area contributed by atoms with Crippen molar-refractivity contribution >= 4 is 11.8 Å². The molecule has 1 heterocycles. The molecule has 0 aliphatic carbocycles. The molecule has 1 aliphatic rings. The summed E-state index contributed by atoms with van der Waals surface area (Å²) >= 11 is 1.78. The largest absolute Gasteiger partial charge is 0.489 e. The zero-order chi connectivity index (χ0) is 12.3. The van der Waals surface area contributed by atoms with Crippen molar-refractivity contribution in [3.05, 3.63) is 29.6 Å². The van der Waals surface area contributed by atoms with Gasteiger partial charge >= 0.3 is 0 Å². The van der Waals surface area contributed by atoms with Crippen LogP contribution < -0.4 is 4.74 Å². The zero-order valence-electron chi connectivity index (χ0n) is 9.86. The van der Waals surface area contributed by atoms with Crippen LogP contribution in [0.3, 0.4) is 0 Å². The minimum absolute atomic E-state index is 0.141. The van der Waals surface area contributed by atoms with Gasteiger partial charge in [-0.3, -0.25) is 0 Å². The molecule has 0 spiro atoms. The number of hydrogen-bond acceptors (Lipinski definition) is 3. The van der Waals surface area contributed by atoms with Gasteiger partial charge in [0.2, 0.25) is 0 Å². The van der Waals surface area contributed by atoms with Gasteiger partial charge in [-0.1, -0.05) is 6.92 Å². The first-order chi connectivity index (χ1) is 8.19. The van der Waals surface area contributed by atoms with E-state index in [-0.39, 0.29) is 18.5 Å². The Morgan fingerprint density at radius 2 is 2.41 bits per heavy atom. The average Bonchev–Trinajstić information content (AvgIpc) is 2.70. The lowest BCUT2D eigenvalue weighted by Crippen LogP contribution is -2.17. The van der Waals surface area contributed by atoms with Crippen LogP contribution in [0.2, 0.25) is 0 Å². The van der Waals surface area contributed by atoms with E-state index in [0.717, 1.165) is 29.2 Å². The fraction of sp³-hybridized carbons (Fsp3) is 0.538. The van der Waals surface area contributed by atoms with Gasteiger partial charge in [0.25, 0.3) is 0 Å². The van der Waals surface area contributed by atoms with Crippen LogP contribution in [0.15, 0.2) is 18.2 Å². The molecule has 2 atom stereocenters. The van der Waals surface area contributed by atoms with Crippen LogP contribution in [-0.2, 0) is 6.42 Å². The first-order valence-corrected chi connectivity index (χ1v) is 6.98. The Morgan fingerprint density at radius 1 is 1.59 bits per heavy atom. The summed E-state index contributed by atoms with van der Waals surface area (Å²) in [4.78, 5) is 0. The molecule has 1 aromatic rings. The number of rotatable bonds is 5. The van der Waals surface area contributed by atoms with Crippen molar-refractivity contribution in [1.82, 2.24) is 0 Å². The lowest BCUT2D eigenvalue weighted by atomic mass is 10.1. The van der Waals surface area contributed by atoms with Gasteiger partial charge in [0, 0.05) is 24.3 Å². The molecule has 1 aliphatic heterocycles. The molecule has 0 fully saturated rings. The Morgan fingerprint density at radius 3 is 3.18 bits per heavy atom. The standard InChI is InChI=1S/C13H17FO2S/c1-9(6-15)7-17-8-12-5-10-4-11(14)2-3-13(10)16-12/h2-4,9,12,15H,5-8H2,1H3. The molecule has 1 aromatic carbocycles. The van der Waals surface area contributed by atoms with Gasteiger partial charge in [0.05, 0.1) is 0 Å². The van der Waals surface area contributed by atoms with Crippen LogP contribution in [0.1, 0.15) is 12.5 Å². The maximum absolute atomic E-state index is 13.0. The van der Waals surface area contributed by atoms with Gasteiger partial charge in [-0.05, 0) is 29.9 Å². The quantitative estimate of drug-likeness (QED) is 0.877. The Balaban J connectivity index is 1.80. The molecular formula is C13H17FO2S. The summed E-state index contributed by atoms with van der Waals surface area (Å²) in [5, 5.41) is 8.91. The van der Waals surface area contributed by atoms with Gasteiger partial charge in [0.1, 0.15) is 17.7 Å². The SMILES string of the molecule is CC(CO)CSCC1Cc2cc(F)ccc2O1. The second-order valence-corrected chi connectivity index (χ2v) is 5.60. The molecule has 0 bridgehead atoms. The number of fused-ring (bicyclic) bond motifs is 1. The highest BCUT2D eigenvalue weighted by atomic mass is 32.2. The van der Waals surface area contributed by atoms with Gasteiger partial charge < -0.3 is 9.84 Å². The number of halogens is 1. The molecule has 2 rings (SSSR count). The van der Waals surface area contributed by atoms with Crippen LogP contribution in [0.25, 0.3) is 0 Å². The van der Waals surface area contributed by atoms with Gasteiger partial charge in [-0.25, -0.2) is 4.39 Å². The monoisotopic (exact) mass is 256 g/mol. The summed E-state index contributed by atoms with van der Waals surface area (Å²) in [6, 6.07) is 4.68. The van der Waals surface area contributed by atoms with Crippen LogP contribution in [-0.4, -0.2) is 29.3 Å². The van der Waals surface area contributed by atoms with Crippen LogP contribution in [0.4, 0.5) is 4.39 Å². The normalized spacial score (nSPS) is 19.8. The van der Waals surface area contributed by atoms with E-state index in [9.17, 15) is 4.39 Å². The molecule has 0 aromatic heterocycles. The molecule has 0 amide bonds. The van der Waals surface area contributed by atoms with E-state index in [0.29, 0.717) is 5.92 Å². The molecule has 94 valence electrons. The number of benzene rings is 1. The predicted octanol–water partition coefficient (Wildman–Crippen LogP) is 2.49. The minimum atomic E-state index is -0.199. The van der Waals surface area contributed by atoms with Gasteiger partial charge in [-0.2, -0.15) is 11.8 Å². The first-order valence-electron chi connectivity index (χ1n) is 5.82. The number of aliphatic hydroxyl groups is 1. The van der Waals surface area contributed by atoms with E-state index in [1.54, 1.807) is 23.9 Å². The molecule has 2 unspecified atom stereocenters. The summed E-state index contributed by atoms with van der Waals surface area (Å²) in [7, 11) is 0. The fourth-order valence-corrected chi connectivity index (χ4v) is 2.93. The minimum Gasteiger partial charge on any atom is -0.489 e. The molecule has 0 saturated heterocycles. The molecule has 0 saturated carbocycles. The molecule has 1 N–H and O–H groups in total. The second kappa shape index (κ2) is 5.74. The van der Waals surface area contributed by atoms with Crippen LogP contribution in [0.5, 0.6) is 5.75 Å². The second-order valence-electron chi connectivity index (χ2n) is 4.52. The summed E-state index contributed by atoms with van der Waals surface area (Å²) < 4.78 is 18.7. The van der Waals surface area contributed by atoms with Crippen LogP contribution >= 0.6 is 11.8 Å². The van der Waals surface area contributed by atoms with E-state index in [2.05, 4.69) is 0 Å². The third-order valence-corrected chi connectivity index (χ3v) is 4.19. The lowest BCUT2D eigenvalue weighted by molar-refractivity contribution is 0.249. The molecule has 0 radical (unpaired) electrons. The molecule has 4 heteroatoms. The van der Waals surface area contributed by atoms with Crippen LogP contribution in [0, 0.1) is 11.7 Å². The summed E-state index contributed by atoms with van der Waals surface area (Å²) in [6.07, 6.45) is 0.927. The summed E-state index contributed by atoms with van der Waals surface area (Å²) in [5.74, 6) is 2.75. The lowest BCUT2D eigenvalue weighted by Gasteiger charge is -2.12. The highest BCUT2D eigenvalue weighted by molar-refractivity contribution is 7.99. The van der Waals surface area contributed by atoms with E-state index >= 15 is 0 Å². The summed E-state index contributed by atoms with van der Waals surface area (Å²) in [6.45, 7) is 2.25. The van der Waals surface area contributed by atoms with Crippen molar-refractivity contribution in [3.63, 3.8) is 0 Å². The highest BCUT2D eigenvalue weighted by Gasteiger charge is 2.23. The van der Waals surface area contributed by atoms with E-state index in [1.165, 1.54) is 6.07 Å². The van der Waals surface area contributed by atoms with Crippen molar-refractivity contribution in [1.29, 1.82) is 0 Å². The number of aliphatic hydroxyl groups excluding tert-OH is 1. The van der Waals surface area contributed by atoms with Crippen molar-refractivity contribution in [3.8, 4) is 5.75 Å². The summed E-state index contributed by atoms with van der Waals surface area (Å²) in [5.41, 5.74) is 0.964. The predicted molar refractivity (Wildman–Crippen MR) is 68.1 cm³/mol. The smallest absolute Gasteiger partial charge is 0.123 e. The third kappa shape index (κ3) is 3.36. The molecule has 17 heavy (non-hydrogen) atoms. The van der Waals surface area contributed by atoms with Gasteiger partial charge in [-0.15, -0.1) is 0 Å². The van der Waals surface area contributed by atoms with Crippen molar-refractivity contribution in [2.45, 2.75) is 19.4 Å². The van der Waals surface area contributed by atoms with E-state index < -0.39 is 0 Å². The maximum Gasteiger partial charge on any atom is 0.123 e. The highest BCUT2D eigenvalue weighted by Crippen LogP contribution is 2.30. The topological polar surface area (TPSA) is 29.5 Å². The fourth-order valence-electron chi connectivity index (χ4n) is 1.84. The van der Waals surface area contributed by atoms with Gasteiger partial charge in [0.15, 0.2) is 0 Å². The maximum atomic E-state index is 13.0. The van der Waals surface area contributed by atoms with Crippen molar-refractivity contribution < 1.29 is 14.2 Å². The molecular weight excluding hydrogens is 239 g/mol. The van der Waals surface area contributed by atoms with Crippen molar-refractivity contribution in [2.24, 2.45) is 5.92 Å². The average molecular weight is 256 g/mol. The Labute approximate surface area is 105 Å². The first kappa shape index (κ1) is 12.7. The van der Waals surface area contributed by atoms with Crippen molar-refractivity contribution in [2.75, 3.05) is 18.1 Å². The Hall–Kier alpha value is -0.740. The van der Waals surface area contributed by atoms with E-state index in [1.807, 2.05) is 6.92 Å². The zero-order valence-corrected chi connectivity index (χ0v) is 10.7. The third-order valence-electron chi connectivity index (χ3n) is 2.78. The molecule has 2 nitrogen and oxygen atoms in total. The Bertz CT molecular complexity index is 384. The Kier molecular flexibility index (Phi) is 4.29.